The van der Waals surface area contributed by atoms with E-state index in [1.807, 2.05) is 41.9 Å². The van der Waals surface area contributed by atoms with Gasteiger partial charge in [-0.05, 0) is 34.5 Å². The van der Waals surface area contributed by atoms with E-state index in [9.17, 15) is 4.79 Å². The van der Waals surface area contributed by atoms with E-state index in [4.69, 9.17) is 5.21 Å². The lowest BCUT2D eigenvalue weighted by Crippen LogP contribution is -2.11. The number of nitrogens with one attached hydrogen (secondary N) is 2. The number of halogens is 1. The van der Waals surface area contributed by atoms with E-state index in [1.165, 1.54) is 19.2 Å². The van der Waals surface area contributed by atoms with Crippen molar-refractivity contribution in [1.29, 1.82) is 0 Å². The number of allylic oxidation sites excluding steroid dienone is 1. The third-order valence-corrected chi connectivity index (χ3v) is 4.31. The van der Waals surface area contributed by atoms with Crippen molar-refractivity contribution < 1.29 is 10.0 Å². The van der Waals surface area contributed by atoms with E-state index in [0.717, 1.165) is 21.5 Å². The van der Waals surface area contributed by atoms with Crippen molar-refractivity contribution in [2.45, 2.75) is 6.92 Å². The zero-order chi connectivity index (χ0) is 19.2. The third kappa shape index (κ3) is 4.60. The fraction of sp³-hybridized carbons (Fsp3) is 0.105. The second kappa shape index (κ2) is 8.61. The van der Waals surface area contributed by atoms with E-state index in [1.54, 1.807) is 16.8 Å². The maximum Gasteiger partial charge on any atom is 0.172 e. The summed E-state index contributed by atoms with van der Waals surface area (Å²) in [6.07, 6.45) is 6.16. The van der Waals surface area contributed by atoms with Crippen molar-refractivity contribution in [2.24, 2.45) is 0 Å². The van der Waals surface area contributed by atoms with Crippen molar-refractivity contribution in [3.05, 3.63) is 71.0 Å². The monoisotopic (exact) mass is 427 g/mol. The highest BCUT2D eigenvalue weighted by Gasteiger charge is 2.11. The van der Waals surface area contributed by atoms with Crippen LogP contribution >= 0.6 is 15.9 Å². The average molecular weight is 428 g/mol. The number of rotatable bonds is 7. The van der Waals surface area contributed by atoms with Crippen LogP contribution in [0.5, 0.6) is 0 Å². The van der Waals surface area contributed by atoms with Crippen LogP contribution in [-0.2, 0) is 4.79 Å². The summed E-state index contributed by atoms with van der Waals surface area (Å²) in [7, 11) is 0. The molecule has 8 heteroatoms. The lowest BCUT2D eigenvalue weighted by atomic mass is 10.1. The minimum absolute atomic E-state index is 0.0764. The Morgan fingerprint density at radius 1 is 1.30 bits per heavy atom. The van der Waals surface area contributed by atoms with Crippen LogP contribution in [0, 0.1) is 0 Å². The number of fused-ring (bicyclic) bond motifs is 1. The summed E-state index contributed by atoms with van der Waals surface area (Å²) in [5.41, 5.74) is 5.16. The van der Waals surface area contributed by atoms with Crippen LogP contribution in [0.15, 0.2) is 71.0 Å². The Labute approximate surface area is 164 Å². The molecule has 2 heterocycles. The molecule has 0 bridgehead atoms. The number of aromatic nitrogens is 3. The predicted octanol–water partition coefficient (Wildman–Crippen LogP) is 3.58. The topological polar surface area (TPSA) is 91.5 Å². The van der Waals surface area contributed by atoms with Gasteiger partial charge in [0, 0.05) is 24.4 Å². The zero-order valence-corrected chi connectivity index (χ0v) is 16.1. The molecular formula is C19H18BrN5O2. The number of benzene rings is 1. The summed E-state index contributed by atoms with van der Waals surface area (Å²) in [5, 5.41) is 16.6. The molecule has 1 aromatic carbocycles. The summed E-state index contributed by atoms with van der Waals surface area (Å²) in [4.78, 5) is 15.8. The van der Waals surface area contributed by atoms with Crippen LogP contribution in [0.3, 0.4) is 0 Å². The molecule has 0 radical (unpaired) electrons. The first-order valence-corrected chi connectivity index (χ1v) is 8.98. The van der Waals surface area contributed by atoms with Gasteiger partial charge < -0.3 is 5.32 Å². The average Bonchev–Trinajstić information content (AvgIpc) is 3.05. The van der Waals surface area contributed by atoms with E-state index >= 15 is 0 Å². The molecule has 138 valence electrons. The highest BCUT2D eigenvalue weighted by Crippen LogP contribution is 2.25. The third-order valence-electron chi connectivity index (χ3n) is 3.75. The molecule has 3 rings (SSSR count). The SMILES string of the molecule is CC(=O)C=CC(=CNO)CNc1cc(-c2ccccc2)nc2c(Br)cnn12. The molecule has 3 aromatic rings. The molecule has 0 spiro atoms. The van der Waals surface area contributed by atoms with Crippen molar-refractivity contribution >= 4 is 33.2 Å². The fourth-order valence-electron chi connectivity index (χ4n) is 2.48. The molecule has 0 saturated heterocycles. The number of hydrogen-bond acceptors (Lipinski definition) is 6. The Balaban J connectivity index is 1.95. The number of ketones is 1. The van der Waals surface area contributed by atoms with Gasteiger partial charge in [0.15, 0.2) is 11.4 Å². The van der Waals surface area contributed by atoms with E-state index in [0.29, 0.717) is 17.8 Å². The highest BCUT2D eigenvalue weighted by atomic mass is 79.9. The minimum Gasteiger partial charge on any atom is -0.366 e. The van der Waals surface area contributed by atoms with Crippen LogP contribution < -0.4 is 10.8 Å². The first kappa shape index (κ1) is 18.8. The van der Waals surface area contributed by atoms with Crippen molar-refractivity contribution in [1.82, 2.24) is 20.1 Å². The Morgan fingerprint density at radius 2 is 2.07 bits per heavy atom. The van der Waals surface area contributed by atoms with Gasteiger partial charge >= 0.3 is 0 Å². The molecule has 0 aliphatic heterocycles. The number of hydrogen-bond donors (Lipinski definition) is 3. The molecule has 0 unspecified atom stereocenters. The Hall–Kier alpha value is -2.97. The molecule has 3 N–H and O–H groups in total. The highest BCUT2D eigenvalue weighted by molar-refractivity contribution is 9.10. The summed E-state index contributed by atoms with van der Waals surface area (Å²) in [6.45, 7) is 1.83. The maximum atomic E-state index is 11.2. The fourth-order valence-corrected chi connectivity index (χ4v) is 2.82. The van der Waals surface area contributed by atoms with E-state index < -0.39 is 0 Å². The molecule has 0 saturated carbocycles. The summed E-state index contributed by atoms with van der Waals surface area (Å²) >= 11 is 3.48. The normalized spacial score (nSPS) is 11.9. The van der Waals surface area contributed by atoms with Crippen LogP contribution in [-0.4, -0.2) is 32.1 Å². The van der Waals surface area contributed by atoms with Crippen LogP contribution in [0.1, 0.15) is 6.92 Å². The molecule has 0 amide bonds. The van der Waals surface area contributed by atoms with Gasteiger partial charge in [0.05, 0.1) is 16.4 Å². The van der Waals surface area contributed by atoms with Crippen molar-refractivity contribution in [3.63, 3.8) is 0 Å². The van der Waals surface area contributed by atoms with Gasteiger partial charge in [0.2, 0.25) is 0 Å². The first-order chi connectivity index (χ1) is 13.1. The van der Waals surface area contributed by atoms with Gasteiger partial charge in [-0.25, -0.2) is 4.98 Å². The maximum absolute atomic E-state index is 11.2. The zero-order valence-electron chi connectivity index (χ0n) is 14.6. The Morgan fingerprint density at radius 3 is 2.78 bits per heavy atom. The summed E-state index contributed by atoms with van der Waals surface area (Å²) in [6, 6.07) is 11.8. The molecule has 0 aliphatic carbocycles. The summed E-state index contributed by atoms with van der Waals surface area (Å²) in [5.74, 6) is 0.650. The first-order valence-electron chi connectivity index (χ1n) is 8.19. The van der Waals surface area contributed by atoms with Crippen molar-refractivity contribution in [3.8, 4) is 11.3 Å². The molecule has 27 heavy (non-hydrogen) atoms. The largest absolute Gasteiger partial charge is 0.366 e. The Kier molecular flexibility index (Phi) is 6.00. The molecule has 0 aliphatic rings. The second-order valence-corrected chi connectivity index (χ2v) is 6.62. The van der Waals surface area contributed by atoms with Gasteiger partial charge in [-0.2, -0.15) is 9.61 Å². The molecule has 0 fully saturated rings. The predicted molar refractivity (Wildman–Crippen MR) is 107 cm³/mol. The van der Waals surface area contributed by atoms with E-state index in [2.05, 4.69) is 31.3 Å². The second-order valence-electron chi connectivity index (χ2n) is 5.77. The van der Waals surface area contributed by atoms with Crippen LogP contribution in [0.4, 0.5) is 5.82 Å². The number of hydroxylamine groups is 1. The molecule has 0 atom stereocenters. The quantitative estimate of drug-likeness (QED) is 0.303. The van der Waals surface area contributed by atoms with Gasteiger partial charge in [0.1, 0.15) is 5.82 Å². The van der Waals surface area contributed by atoms with Crippen molar-refractivity contribution in [2.75, 3.05) is 11.9 Å². The number of anilines is 1. The minimum atomic E-state index is -0.0764. The lowest BCUT2D eigenvalue weighted by Gasteiger charge is -2.11. The number of carbonyl (C=O) groups is 1. The molecule has 7 nitrogen and oxygen atoms in total. The smallest absolute Gasteiger partial charge is 0.172 e. The standard InChI is InChI=1S/C19H18BrN5O2/c1-13(26)7-8-14(11-23-27)10-21-18-9-17(15-5-3-2-4-6-15)24-19-16(20)12-22-25(18)19/h2-9,11-12,21,23,27H,10H2,1H3. The Bertz CT molecular complexity index is 1010. The molecule has 2 aromatic heterocycles. The summed E-state index contributed by atoms with van der Waals surface area (Å²) < 4.78 is 2.47. The van der Waals surface area contributed by atoms with Crippen LogP contribution in [0.2, 0.25) is 0 Å². The molecular weight excluding hydrogens is 410 g/mol. The number of carbonyl (C=O) groups excluding carboxylic acids is 1. The van der Waals surface area contributed by atoms with Gasteiger partial charge in [-0.15, -0.1) is 0 Å². The van der Waals surface area contributed by atoms with Crippen LogP contribution in [0.25, 0.3) is 16.9 Å². The number of nitrogens with zero attached hydrogens (tertiary/aromatic N) is 3. The van der Waals surface area contributed by atoms with Gasteiger partial charge in [-0.3, -0.25) is 15.5 Å². The van der Waals surface area contributed by atoms with E-state index in [-0.39, 0.29) is 5.78 Å². The lowest BCUT2D eigenvalue weighted by molar-refractivity contribution is -0.112. The van der Waals surface area contributed by atoms with Gasteiger partial charge in [0.25, 0.3) is 0 Å². The van der Waals surface area contributed by atoms with Gasteiger partial charge in [-0.1, -0.05) is 36.4 Å².